The summed E-state index contributed by atoms with van der Waals surface area (Å²) >= 11 is 2.45. The lowest BCUT2D eigenvalue weighted by molar-refractivity contribution is -0.132. The van der Waals surface area contributed by atoms with E-state index >= 15 is 0 Å². The largest absolute Gasteiger partial charge is 0.500 e. The quantitative estimate of drug-likeness (QED) is 0.168. The van der Waals surface area contributed by atoms with Crippen molar-refractivity contribution in [1.29, 1.82) is 0 Å². The van der Waals surface area contributed by atoms with E-state index in [2.05, 4.69) is 20.7 Å². The van der Waals surface area contributed by atoms with Gasteiger partial charge in [-0.1, -0.05) is 0 Å². The molecule has 0 amide bonds. The zero-order valence-corrected chi connectivity index (χ0v) is 11.6. The highest BCUT2D eigenvalue weighted by Gasteiger charge is 2.27. The van der Waals surface area contributed by atoms with Gasteiger partial charge in [-0.05, 0) is 28.9 Å². The summed E-state index contributed by atoms with van der Waals surface area (Å²) in [5.41, 5.74) is -1.81. The van der Waals surface area contributed by atoms with Gasteiger partial charge in [0.2, 0.25) is 5.78 Å². The second kappa shape index (κ2) is 6.56. The number of ether oxygens (including phenoxy) is 1. The van der Waals surface area contributed by atoms with Crippen LogP contribution in [-0.2, 0) is 9.53 Å². The molecule has 0 saturated heterocycles. The van der Waals surface area contributed by atoms with Crippen LogP contribution in [0.5, 0.6) is 0 Å². The molecule has 1 aromatic rings. The maximum Gasteiger partial charge on any atom is 0.342 e. The van der Waals surface area contributed by atoms with Crippen molar-refractivity contribution in [3.63, 3.8) is 0 Å². The second-order valence-corrected chi connectivity index (χ2v) is 4.26. The Hall–Kier alpha value is -1.83. The van der Waals surface area contributed by atoms with Crippen LogP contribution in [0.15, 0.2) is 22.4 Å². The van der Waals surface area contributed by atoms with Crippen LogP contribution in [0.4, 0.5) is 13.2 Å². The monoisotopic (exact) mass is 352 g/mol. The molecule has 1 aromatic carbocycles. The van der Waals surface area contributed by atoms with Crippen molar-refractivity contribution in [1.82, 2.24) is 0 Å². The molecule has 4 nitrogen and oxygen atoms in total. The summed E-state index contributed by atoms with van der Waals surface area (Å²) in [5.74, 6) is -7.39. The van der Waals surface area contributed by atoms with E-state index in [4.69, 9.17) is 5.11 Å². The fourth-order valence-corrected chi connectivity index (χ4v) is 1.65. The maximum absolute atomic E-state index is 13.7. The number of hydrogen-bond donors (Lipinski definition) is 1. The molecule has 0 aliphatic heterocycles. The molecule has 20 heavy (non-hydrogen) atoms. The lowest BCUT2D eigenvalue weighted by Gasteiger charge is -2.07. The molecule has 0 aliphatic rings. The zero-order chi connectivity index (χ0) is 15.4. The Labute approximate surface area is 120 Å². The molecule has 0 aliphatic carbocycles. The molecule has 0 unspecified atom stereocenters. The van der Waals surface area contributed by atoms with Crippen LogP contribution in [0.25, 0.3) is 0 Å². The Morgan fingerprint density at radius 2 is 1.95 bits per heavy atom. The van der Waals surface area contributed by atoms with Crippen molar-refractivity contribution in [3.8, 4) is 0 Å². The van der Waals surface area contributed by atoms with Gasteiger partial charge < -0.3 is 9.84 Å². The van der Waals surface area contributed by atoms with Crippen LogP contribution < -0.4 is 0 Å². The van der Waals surface area contributed by atoms with E-state index in [1.54, 1.807) is 0 Å². The number of carboxylic acid groups (broad SMARTS) is 1. The highest BCUT2D eigenvalue weighted by molar-refractivity contribution is 9.10. The predicted molar refractivity (Wildman–Crippen MR) is 65.7 cm³/mol. The molecule has 0 bridgehead atoms. The van der Waals surface area contributed by atoms with Crippen molar-refractivity contribution in [2.24, 2.45) is 0 Å². The SMILES string of the molecule is CCOC=C(C(=O)O)C(=O)c1cc(F)c(F)c(Br)c1F. The third kappa shape index (κ3) is 3.19. The first kappa shape index (κ1) is 16.2. The van der Waals surface area contributed by atoms with Gasteiger partial charge in [-0.3, -0.25) is 4.79 Å². The van der Waals surface area contributed by atoms with E-state index in [1.165, 1.54) is 6.92 Å². The third-order valence-electron chi connectivity index (χ3n) is 2.19. The van der Waals surface area contributed by atoms with Gasteiger partial charge in [0.05, 0.1) is 16.6 Å². The Bertz CT molecular complexity index is 599. The normalized spacial score (nSPS) is 11.3. The number of hydrogen-bond acceptors (Lipinski definition) is 3. The van der Waals surface area contributed by atoms with Crippen molar-refractivity contribution in [3.05, 3.63) is 45.4 Å². The van der Waals surface area contributed by atoms with Gasteiger partial charge in [-0.25, -0.2) is 18.0 Å². The number of benzene rings is 1. The van der Waals surface area contributed by atoms with Gasteiger partial charge in [0.15, 0.2) is 17.5 Å². The number of carbonyl (C=O) groups is 2. The lowest BCUT2D eigenvalue weighted by Crippen LogP contribution is -2.16. The summed E-state index contributed by atoms with van der Waals surface area (Å²) in [4.78, 5) is 22.7. The summed E-state index contributed by atoms with van der Waals surface area (Å²) in [6, 6.07) is 0.292. The van der Waals surface area contributed by atoms with E-state index in [0.29, 0.717) is 12.3 Å². The van der Waals surface area contributed by atoms with Crippen LogP contribution in [0.2, 0.25) is 0 Å². The fraction of sp³-hybridized carbons (Fsp3) is 0.167. The van der Waals surface area contributed by atoms with E-state index in [9.17, 15) is 22.8 Å². The first-order chi connectivity index (χ1) is 9.31. The Kier molecular flexibility index (Phi) is 5.32. The van der Waals surface area contributed by atoms with E-state index in [0.717, 1.165) is 0 Å². The van der Waals surface area contributed by atoms with Gasteiger partial charge in [0.25, 0.3) is 0 Å². The zero-order valence-electron chi connectivity index (χ0n) is 10.0. The molecule has 0 atom stereocenters. The summed E-state index contributed by atoms with van der Waals surface area (Å²) in [7, 11) is 0. The molecule has 0 aromatic heterocycles. The van der Waals surface area contributed by atoms with Crippen molar-refractivity contribution in [2.45, 2.75) is 6.92 Å². The molecule has 0 spiro atoms. The van der Waals surface area contributed by atoms with E-state index in [-0.39, 0.29) is 6.61 Å². The molecule has 0 heterocycles. The fourth-order valence-electron chi connectivity index (χ4n) is 1.25. The second-order valence-electron chi connectivity index (χ2n) is 3.47. The number of halogens is 4. The third-order valence-corrected chi connectivity index (χ3v) is 2.89. The summed E-state index contributed by atoms with van der Waals surface area (Å²) in [5, 5.41) is 8.84. The number of ketones is 1. The van der Waals surface area contributed by atoms with Gasteiger partial charge >= 0.3 is 5.97 Å². The van der Waals surface area contributed by atoms with Crippen LogP contribution >= 0.6 is 15.9 Å². The number of carboxylic acids is 1. The number of rotatable bonds is 5. The van der Waals surface area contributed by atoms with Crippen LogP contribution in [-0.4, -0.2) is 23.5 Å². The molecule has 8 heteroatoms. The molecular weight excluding hydrogens is 345 g/mol. The highest BCUT2D eigenvalue weighted by Crippen LogP contribution is 2.26. The molecule has 108 valence electrons. The van der Waals surface area contributed by atoms with Gasteiger partial charge in [0.1, 0.15) is 11.8 Å². The first-order valence-corrected chi connectivity index (χ1v) is 6.03. The summed E-state index contributed by atoms with van der Waals surface area (Å²) < 4.78 is 43.7. The Morgan fingerprint density at radius 3 is 2.45 bits per heavy atom. The van der Waals surface area contributed by atoms with Crippen LogP contribution in [0, 0.1) is 17.5 Å². The molecule has 1 N–H and O–H groups in total. The molecule has 0 radical (unpaired) electrons. The van der Waals surface area contributed by atoms with Crippen molar-refractivity contribution < 1.29 is 32.6 Å². The van der Waals surface area contributed by atoms with E-state index < -0.39 is 44.8 Å². The summed E-state index contributed by atoms with van der Waals surface area (Å²) in [6.45, 7) is 1.61. The minimum atomic E-state index is -1.68. The Balaban J connectivity index is 3.37. The maximum atomic E-state index is 13.7. The number of aliphatic carboxylic acids is 1. The average molecular weight is 353 g/mol. The minimum Gasteiger partial charge on any atom is -0.500 e. The smallest absolute Gasteiger partial charge is 0.342 e. The van der Waals surface area contributed by atoms with Crippen LogP contribution in [0.3, 0.4) is 0 Å². The molecule has 1 rings (SSSR count). The van der Waals surface area contributed by atoms with Crippen molar-refractivity contribution >= 4 is 27.7 Å². The number of Topliss-reactive ketones (excluding diaryl/α,β-unsaturated/α-hetero) is 1. The number of carbonyl (C=O) groups excluding carboxylic acids is 1. The van der Waals surface area contributed by atoms with Gasteiger partial charge in [-0.15, -0.1) is 0 Å². The average Bonchev–Trinajstić information content (AvgIpc) is 2.40. The first-order valence-electron chi connectivity index (χ1n) is 5.24. The summed E-state index contributed by atoms with van der Waals surface area (Å²) in [6.07, 6.45) is 0.624. The van der Waals surface area contributed by atoms with Crippen LogP contribution in [0.1, 0.15) is 17.3 Å². The lowest BCUT2D eigenvalue weighted by atomic mass is 10.0. The standard InChI is InChI=1S/C12H8BrF3O4/c1-2-20-4-6(12(18)19)11(17)5-3-7(14)10(16)8(13)9(5)15/h3-4H,2H2,1H3,(H,18,19). The molecular formula is C12H8BrF3O4. The van der Waals surface area contributed by atoms with Gasteiger partial charge in [0, 0.05) is 0 Å². The topological polar surface area (TPSA) is 63.6 Å². The van der Waals surface area contributed by atoms with Crippen molar-refractivity contribution in [2.75, 3.05) is 6.61 Å². The van der Waals surface area contributed by atoms with E-state index in [1.807, 2.05) is 0 Å². The minimum absolute atomic E-state index is 0.0774. The molecule has 0 saturated carbocycles. The Morgan fingerprint density at radius 1 is 1.35 bits per heavy atom. The predicted octanol–water partition coefficient (Wildman–Crippen LogP) is 3.05. The van der Waals surface area contributed by atoms with Gasteiger partial charge in [-0.2, -0.15) is 0 Å². The molecule has 0 fully saturated rings. The highest BCUT2D eigenvalue weighted by atomic mass is 79.9.